The smallest absolute Gasteiger partial charge is 0.221 e. The second kappa shape index (κ2) is 8.26. The number of rotatable bonds is 4. The number of hydrogen-bond acceptors (Lipinski definition) is 2. The summed E-state index contributed by atoms with van der Waals surface area (Å²) in [6, 6.07) is 15.2. The highest BCUT2D eigenvalue weighted by Gasteiger charge is 2.23. The van der Waals surface area contributed by atoms with Crippen molar-refractivity contribution in [2.45, 2.75) is 45.2 Å². The van der Waals surface area contributed by atoms with Gasteiger partial charge in [0.25, 0.3) is 0 Å². The minimum absolute atomic E-state index is 0.0635. The number of halogens is 1. The van der Waals surface area contributed by atoms with Crippen LogP contribution in [0.3, 0.4) is 0 Å². The summed E-state index contributed by atoms with van der Waals surface area (Å²) in [7, 11) is 0. The highest BCUT2D eigenvalue weighted by Crippen LogP contribution is 2.31. The summed E-state index contributed by atoms with van der Waals surface area (Å²) in [5.74, 6) is -0.229. The molecule has 2 aromatic carbocycles. The van der Waals surface area contributed by atoms with E-state index >= 15 is 0 Å². The summed E-state index contributed by atoms with van der Waals surface area (Å²) in [4.78, 5) is 13.6. The molecule has 0 aliphatic carbocycles. The molecular formula is C21H25FN2O. The molecule has 1 aliphatic rings. The third-order valence-corrected chi connectivity index (χ3v) is 4.76. The van der Waals surface area contributed by atoms with Crippen molar-refractivity contribution in [3.8, 4) is 0 Å². The number of nitrogens with one attached hydrogen (secondary N) is 1. The lowest BCUT2D eigenvalue weighted by molar-refractivity contribution is -0.114. The predicted molar refractivity (Wildman–Crippen MR) is 98.8 cm³/mol. The second-order valence-corrected chi connectivity index (χ2v) is 6.77. The molecule has 1 aliphatic heterocycles. The van der Waals surface area contributed by atoms with Crippen LogP contribution >= 0.6 is 0 Å². The summed E-state index contributed by atoms with van der Waals surface area (Å²) >= 11 is 0. The van der Waals surface area contributed by atoms with Crippen LogP contribution in [0.25, 0.3) is 0 Å². The normalized spacial score (nSPS) is 18.6. The maximum atomic E-state index is 13.7. The van der Waals surface area contributed by atoms with Gasteiger partial charge in [0.05, 0.1) is 0 Å². The lowest BCUT2D eigenvalue weighted by atomic mass is 10.00. The predicted octanol–water partition coefficient (Wildman–Crippen LogP) is 4.90. The molecule has 1 saturated heterocycles. The van der Waals surface area contributed by atoms with E-state index < -0.39 is 0 Å². The second-order valence-electron chi connectivity index (χ2n) is 6.77. The summed E-state index contributed by atoms with van der Waals surface area (Å²) in [6.07, 6.45) is 4.64. The molecule has 3 nitrogen and oxygen atoms in total. The van der Waals surface area contributed by atoms with E-state index in [1.807, 2.05) is 18.2 Å². The number of carbonyl (C=O) groups is 1. The minimum atomic E-state index is -0.165. The van der Waals surface area contributed by atoms with E-state index in [-0.39, 0.29) is 17.8 Å². The molecule has 1 amide bonds. The first-order valence-corrected chi connectivity index (χ1v) is 8.98. The van der Waals surface area contributed by atoms with E-state index in [2.05, 4.69) is 22.3 Å². The van der Waals surface area contributed by atoms with Crippen molar-refractivity contribution in [3.05, 3.63) is 65.5 Å². The van der Waals surface area contributed by atoms with E-state index in [0.29, 0.717) is 0 Å². The van der Waals surface area contributed by atoms with Gasteiger partial charge in [0, 0.05) is 25.2 Å². The van der Waals surface area contributed by atoms with Gasteiger partial charge in [-0.2, -0.15) is 0 Å². The molecule has 25 heavy (non-hydrogen) atoms. The Kier molecular flexibility index (Phi) is 5.82. The van der Waals surface area contributed by atoms with Crippen molar-refractivity contribution in [2.75, 3.05) is 11.9 Å². The standard InChI is InChI=1S/C21H25FN2O/c1-16(25)23-20-11-9-17(10-12-20)15-24-13-4-2-3-8-21(24)18-6-5-7-19(22)14-18/h5-7,9-12,14,21H,2-4,8,13,15H2,1H3,(H,23,25)/t21-/m1/s1. The van der Waals surface area contributed by atoms with Gasteiger partial charge in [-0.15, -0.1) is 0 Å². The number of amides is 1. The van der Waals surface area contributed by atoms with Crippen LogP contribution < -0.4 is 5.32 Å². The third-order valence-electron chi connectivity index (χ3n) is 4.76. The molecule has 1 N–H and O–H groups in total. The van der Waals surface area contributed by atoms with Gasteiger partial charge in [-0.25, -0.2) is 4.39 Å². The van der Waals surface area contributed by atoms with Gasteiger partial charge in [0.15, 0.2) is 0 Å². The molecule has 4 heteroatoms. The molecule has 1 heterocycles. The Balaban J connectivity index is 1.76. The molecule has 0 aromatic heterocycles. The van der Waals surface area contributed by atoms with E-state index in [0.717, 1.165) is 30.8 Å². The molecule has 0 unspecified atom stereocenters. The Bertz CT molecular complexity index is 714. The largest absolute Gasteiger partial charge is 0.326 e. The van der Waals surface area contributed by atoms with Gasteiger partial charge in [0.2, 0.25) is 5.91 Å². The summed E-state index contributed by atoms with van der Waals surface area (Å²) in [5.41, 5.74) is 3.09. The average Bonchev–Trinajstić information content (AvgIpc) is 2.82. The number of hydrogen-bond donors (Lipinski definition) is 1. The first kappa shape index (κ1) is 17.6. The maximum absolute atomic E-state index is 13.7. The van der Waals surface area contributed by atoms with Crippen LogP contribution in [0.2, 0.25) is 0 Å². The monoisotopic (exact) mass is 340 g/mol. The van der Waals surface area contributed by atoms with E-state index in [9.17, 15) is 9.18 Å². The summed E-state index contributed by atoms with van der Waals surface area (Å²) < 4.78 is 13.7. The zero-order chi connectivity index (χ0) is 17.6. The molecular weight excluding hydrogens is 315 g/mol. The number of benzene rings is 2. The molecule has 0 spiro atoms. The van der Waals surface area contributed by atoms with Gasteiger partial charge < -0.3 is 5.32 Å². The number of anilines is 1. The molecule has 132 valence electrons. The Labute approximate surface area is 148 Å². The van der Waals surface area contributed by atoms with Crippen LogP contribution in [-0.2, 0) is 11.3 Å². The molecule has 3 rings (SSSR count). The molecule has 2 aromatic rings. The fourth-order valence-corrected chi connectivity index (χ4v) is 3.58. The number of nitrogens with zero attached hydrogens (tertiary/aromatic N) is 1. The average molecular weight is 340 g/mol. The first-order valence-electron chi connectivity index (χ1n) is 8.98. The van der Waals surface area contributed by atoms with Crippen LogP contribution in [0.15, 0.2) is 48.5 Å². The Morgan fingerprint density at radius 1 is 1.16 bits per heavy atom. The molecule has 1 fully saturated rings. The van der Waals surface area contributed by atoms with Crippen molar-refractivity contribution >= 4 is 11.6 Å². The Morgan fingerprint density at radius 2 is 1.96 bits per heavy atom. The molecule has 0 bridgehead atoms. The summed E-state index contributed by atoms with van der Waals surface area (Å²) in [6.45, 7) is 3.37. The Hall–Kier alpha value is -2.20. The van der Waals surface area contributed by atoms with Gasteiger partial charge in [-0.3, -0.25) is 9.69 Å². The van der Waals surface area contributed by atoms with Crippen LogP contribution in [0, 0.1) is 5.82 Å². The van der Waals surface area contributed by atoms with Crippen molar-refractivity contribution < 1.29 is 9.18 Å². The van der Waals surface area contributed by atoms with Gasteiger partial charge in [-0.05, 0) is 54.8 Å². The van der Waals surface area contributed by atoms with Crippen LogP contribution in [0.4, 0.5) is 10.1 Å². The third kappa shape index (κ3) is 4.89. The SMILES string of the molecule is CC(=O)Nc1ccc(CN2CCCCC[C@@H]2c2cccc(F)c2)cc1. The fourth-order valence-electron chi connectivity index (χ4n) is 3.58. The highest BCUT2D eigenvalue weighted by atomic mass is 19.1. The van der Waals surface area contributed by atoms with Crippen LogP contribution in [0.1, 0.15) is 49.8 Å². The fraction of sp³-hybridized carbons (Fsp3) is 0.381. The van der Waals surface area contributed by atoms with Crippen molar-refractivity contribution in [3.63, 3.8) is 0 Å². The first-order chi connectivity index (χ1) is 12.1. The van der Waals surface area contributed by atoms with Crippen molar-refractivity contribution in [2.24, 2.45) is 0 Å². The van der Waals surface area contributed by atoms with Crippen LogP contribution in [-0.4, -0.2) is 17.4 Å². The number of likely N-dealkylation sites (tertiary alicyclic amines) is 1. The van der Waals surface area contributed by atoms with Crippen molar-refractivity contribution in [1.82, 2.24) is 4.90 Å². The molecule has 1 atom stereocenters. The topological polar surface area (TPSA) is 32.3 Å². The van der Waals surface area contributed by atoms with Gasteiger partial charge in [-0.1, -0.05) is 37.1 Å². The zero-order valence-electron chi connectivity index (χ0n) is 14.7. The van der Waals surface area contributed by atoms with E-state index in [4.69, 9.17) is 0 Å². The lowest BCUT2D eigenvalue weighted by Gasteiger charge is -2.30. The maximum Gasteiger partial charge on any atom is 0.221 e. The van der Waals surface area contributed by atoms with E-state index in [1.54, 1.807) is 12.1 Å². The van der Waals surface area contributed by atoms with Gasteiger partial charge in [0.1, 0.15) is 5.82 Å². The Morgan fingerprint density at radius 3 is 2.68 bits per heavy atom. The van der Waals surface area contributed by atoms with E-state index in [1.165, 1.54) is 37.8 Å². The van der Waals surface area contributed by atoms with Crippen molar-refractivity contribution in [1.29, 1.82) is 0 Å². The quantitative estimate of drug-likeness (QED) is 0.858. The van der Waals surface area contributed by atoms with Crippen LogP contribution in [0.5, 0.6) is 0 Å². The lowest BCUT2D eigenvalue weighted by Crippen LogP contribution is -2.28. The molecule has 0 radical (unpaired) electrons. The molecule has 0 saturated carbocycles. The minimum Gasteiger partial charge on any atom is -0.326 e. The summed E-state index contributed by atoms with van der Waals surface area (Å²) in [5, 5.41) is 2.79. The highest BCUT2D eigenvalue weighted by molar-refractivity contribution is 5.88. The number of carbonyl (C=O) groups excluding carboxylic acids is 1. The zero-order valence-corrected chi connectivity index (χ0v) is 14.7. The van der Waals surface area contributed by atoms with Gasteiger partial charge >= 0.3 is 0 Å².